The molecule has 0 aromatic heterocycles. The molecule has 16 heavy (non-hydrogen) atoms. The molecular weight excluding hydrogens is 226 g/mol. The highest BCUT2D eigenvalue weighted by atomic mass is 35.5. The minimum atomic E-state index is -0.248. The van der Waals surface area contributed by atoms with E-state index < -0.39 is 0 Å². The summed E-state index contributed by atoms with van der Waals surface area (Å²) in [6.45, 7) is 2.15. The van der Waals surface area contributed by atoms with E-state index >= 15 is 0 Å². The Balaban J connectivity index is 2.52. The third-order valence-electron chi connectivity index (χ3n) is 2.37. The van der Waals surface area contributed by atoms with Gasteiger partial charge in [0.25, 0.3) is 0 Å². The SMILES string of the molecule is CCC(NC)C(=O)OCc1ccccc1Cl. The van der Waals surface area contributed by atoms with Crippen LogP contribution in [0.3, 0.4) is 0 Å². The molecule has 1 rings (SSSR count). The Hall–Kier alpha value is -1.06. The summed E-state index contributed by atoms with van der Waals surface area (Å²) in [6, 6.07) is 7.08. The number of carbonyl (C=O) groups excluding carboxylic acids is 1. The molecule has 88 valence electrons. The average molecular weight is 242 g/mol. The first-order chi connectivity index (χ1) is 7.69. The maximum absolute atomic E-state index is 11.6. The average Bonchev–Trinajstić information content (AvgIpc) is 2.29. The Morgan fingerprint density at radius 3 is 2.75 bits per heavy atom. The molecule has 1 aromatic carbocycles. The van der Waals surface area contributed by atoms with Crippen LogP contribution in [0.2, 0.25) is 5.02 Å². The van der Waals surface area contributed by atoms with E-state index in [0.717, 1.165) is 5.56 Å². The zero-order valence-electron chi connectivity index (χ0n) is 9.50. The van der Waals surface area contributed by atoms with Gasteiger partial charge in [0, 0.05) is 10.6 Å². The minimum absolute atomic E-state index is 0.219. The largest absolute Gasteiger partial charge is 0.460 e. The maximum atomic E-state index is 11.6. The highest BCUT2D eigenvalue weighted by Gasteiger charge is 2.15. The second kappa shape index (κ2) is 6.51. The Labute approximate surface area is 101 Å². The third kappa shape index (κ3) is 3.51. The van der Waals surface area contributed by atoms with Gasteiger partial charge in [0.2, 0.25) is 0 Å². The molecule has 1 unspecified atom stereocenters. The van der Waals surface area contributed by atoms with E-state index in [1.54, 1.807) is 13.1 Å². The topological polar surface area (TPSA) is 38.3 Å². The molecule has 0 saturated heterocycles. The second-order valence-corrected chi connectivity index (χ2v) is 3.86. The van der Waals surface area contributed by atoms with Gasteiger partial charge in [-0.25, -0.2) is 0 Å². The number of ether oxygens (including phenoxy) is 1. The molecular formula is C12H16ClNO2. The van der Waals surface area contributed by atoms with Gasteiger partial charge in [0.15, 0.2) is 0 Å². The van der Waals surface area contributed by atoms with E-state index in [1.807, 2.05) is 25.1 Å². The van der Waals surface area contributed by atoms with Crippen molar-refractivity contribution in [3.05, 3.63) is 34.9 Å². The van der Waals surface area contributed by atoms with Crippen molar-refractivity contribution >= 4 is 17.6 Å². The number of esters is 1. The van der Waals surface area contributed by atoms with Crippen molar-refractivity contribution < 1.29 is 9.53 Å². The Kier molecular flexibility index (Phi) is 5.29. The summed E-state index contributed by atoms with van der Waals surface area (Å²) < 4.78 is 5.17. The van der Waals surface area contributed by atoms with E-state index in [-0.39, 0.29) is 18.6 Å². The molecule has 1 aromatic rings. The lowest BCUT2D eigenvalue weighted by Gasteiger charge is -2.13. The number of nitrogens with one attached hydrogen (secondary N) is 1. The van der Waals surface area contributed by atoms with Crippen molar-refractivity contribution in [1.82, 2.24) is 5.32 Å². The quantitative estimate of drug-likeness (QED) is 0.805. The summed E-state index contributed by atoms with van der Waals surface area (Å²) >= 11 is 5.95. The standard InChI is InChI=1S/C12H16ClNO2/c1-3-11(14-2)12(15)16-8-9-6-4-5-7-10(9)13/h4-7,11,14H,3,8H2,1-2H3. The van der Waals surface area contributed by atoms with E-state index in [1.165, 1.54) is 0 Å². The van der Waals surface area contributed by atoms with Crippen LogP contribution in [-0.4, -0.2) is 19.1 Å². The fourth-order valence-corrected chi connectivity index (χ4v) is 1.54. The van der Waals surface area contributed by atoms with E-state index in [9.17, 15) is 4.79 Å². The summed E-state index contributed by atoms with van der Waals surface area (Å²) in [5.74, 6) is -0.245. The number of benzene rings is 1. The summed E-state index contributed by atoms with van der Waals surface area (Å²) in [5.41, 5.74) is 0.823. The molecule has 0 aliphatic heterocycles. The Bertz CT molecular complexity index is 351. The van der Waals surface area contributed by atoms with Crippen LogP contribution in [0.1, 0.15) is 18.9 Å². The molecule has 0 aliphatic carbocycles. The van der Waals surface area contributed by atoms with E-state index in [0.29, 0.717) is 11.4 Å². The first kappa shape index (κ1) is 13.0. The van der Waals surface area contributed by atoms with Crippen molar-refractivity contribution in [2.45, 2.75) is 26.0 Å². The highest BCUT2D eigenvalue weighted by molar-refractivity contribution is 6.31. The molecule has 1 atom stereocenters. The van der Waals surface area contributed by atoms with Crippen molar-refractivity contribution in [3.8, 4) is 0 Å². The van der Waals surface area contributed by atoms with Gasteiger partial charge >= 0.3 is 5.97 Å². The van der Waals surface area contributed by atoms with Crippen LogP contribution in [0.15, 0.2) is 24.3 Å². The molecule has 0 heterocycles. The number of likely N-dealkylation sites (N-methyl/N-ethyl adjacent to an activating group) is 1. The first-order valence-corrected chi connectivity index (χ1v) is 5.64. The molecule has 0 fully saturated rings. The summed E-state index contributed by atoms with van der Waals surface area (Å²) in [6.07, 6.45) is 0.706. The van der Waals surface area contributed by atoms with Crippen LogP contribution >= 0.6 is 11.6 Å². The number of rotatable bonds is 5. The maximum Gasteiger partial charge on any atom is 0.323 e. The van der Waals surface area contributed by atoms with E-state index in [4.69, 9.17) is 16.3 Å². The van der Waals surface area contributed by atoms with Crippen molar-refractivity contribution in [1.29, 1.82) is 0 Å². The lowest BCUT2D eigenvalue weighted by atomic mass is 10.2. The van der Waals surface area contributed by atoms with Gasteiger partial charge in [-0.1, -0.05) is 36.7 Å². The number of carbonyl (C=O) groups is 1. The molecule has 0 aliphatic rings. The summed E-state index contributed by atoms with van der Waals surface area (Å²) in [5, 5.41) is 3.51. The van der Waals surface area contributed by atoms with Crippen LogP contribution < -0.4 is 5.32 Å². The zero-order valence-corrected chi connectivity index (χ0v) is 10.3. The third-order valence-corrected chi connectivity index (χ3v) is 2.74. The Morgan fingerprint density at radius 1 is 1.50 bits per heavy atom. The predicted octanol–water partition coefficient (Wildman–Crippen LogP) is 2.38. The molecule has 0 amide bonds. The van der Waals surface area contributed by atoms with Gasteiger partial charge in [-0.2, -0.15) is 0 Å². The highest BCUT2D eigenvalue weighted by Crippen LogP contribution is 2.15. The summed E-state index contributed by atoms with van der Waals surface area (Å²) in [4.78, 5) is 11.6. The van der Waals surface area contributed by atoms with Crippen molar-refractivity contribution in [2.24, 2.45) is 0 Å². The number of halogens is 1. The minimum Gasteiger partial charge on any atom is -0.460 e. The Morgan fingerprint density at radius 2 is 2.19 bits per heavy atom. The fourth-order valence-electron chi connectivity index (χ4n) is 1.35. The van der Waals surface area contributed by atoms with Gasteiger partial charge < -0.3 is 10.1 Å². The first-order valence-electron chi connectivity index (χ1n) is 5.26. The van der Waals surface area contributed by atoms with Crippen molar-refractivity contribution in [2.75, 3.05) is 7.05 Å². The molecule has 4 heteroatoms. The lowest BCUT2D eigenvalue weighted by molar-refractivity contribution is -0.147. The number of hydrogen-bond acceptors (Lipinski definition) is 3. The molecule has 0 radical (unpaired) electrons. The van der Waals surface area contributed by atoms with Crippen LogP contribution in [0.5, 0.6) is 0 Å². The molecule has 0 bridgehead atoms. The molecule has 3 nitrogen and oxygen atoms in total. The monoisotopic (exact) mass is 241 g/mol. The van der Waals surface area contributed by atoms with Crippen LogP contribution in [-0.2, 0) is 16.1 Å². The van der Waals surface area contributed by atoms with Gasteiger partial charge in [0.05, 0.1) is 0 Å². The smallest absolute Gasteiger partial charge is 0.323 e. The lowest BCUT2D eigenvalue weighted by Crippen LogP contribution is -2.34. The van der Waals surface area contributed by atoms with Crippen molar-refractivity contribution in [3.63, 3.8) is 0 Å². The van der Waals surface area contributed by atoms with Gasteiger partial charge in [0.1, 0.15) is 12.6 Å². The molecule has 1 N–H and O–H groups in total. The second-order valence-electron chi connectivity index (χ2n) is 3.45. The van der Waals surface area contributed by atoms with Gasteiger partial charge in [-0.15, -0.1) is 0 Å². The normalized spacial score (nSPS) is 12.2. The van der Waals surface area contributed by atoms with E-state index in [2.05, 4.69) is 5.32 Å². The van der Waals surface area contributed by atoms with Crippen LogP contribution in [0, 0.1) is 0 Å². The predicted molar refractivity (Wildman–Crippen MR) is 64.4 cm³/mol. The molecule has 0 spiro atoms. The fraction of sp³-hybridized carbons (Fsp3) is 0.417. The number of hydrogen-bond donors (Lipinski definition) is 1. The van der Waals surface area contributed by atoms with Gasteiger partial charge in [-0.05, 0) is 19.5 Å². The summed E-state index contributed by atoms with van der Waals surface area (Å²) in [7, 11) is 1.74. The zero-order chi connectivity index (χ0) is 12.0. The van der Waals surface area contributed by atoms with Crippen LogP contribution in [0.25, 0.3) is 0 Å². The van der Waals surface area contributed by atoms with Crippen LogP contribution in [0.4, 0.5) is 0 Å². The van der Waals surface area contributed by atoms with Gasteiger partial charge in [-0.3, -0.25) is 4.79 Å². The molecule has 0 saturated carbocycles.